The second-order valence-corrected chi connectivity index (χ2v) is 7.99. The van der Waals surface area contributed by atoms with Gasteiger partial charge in [0, 0.05) is 24.7 Å². The zero-order valence-corrected chi connectivity index (χ0v) is 17.4. The van der Waals surface area contributed by atoms with Gasteiger partial charge in [0.05, 0.1) is 12.0 Å². The highest BCUT2D eigenvalue weighted by molar-refractivity contribution is 7.89. The maximum Gasteiger partial charge on any atom is 0.331 e. The molecule has 0 radical (unpaired) electrons. The topological polar surface area (TPSA) is 72.9 Å². The van der Waals surface area contributed by atoms with Crippen LogP contribution >= 0.6 is 0 Å². The average Bonchev–Trinajstić information content (AvgIpc) is 2.71. The molecule has 2 rings (SSSR count). The van der Waals surface area contributed by atoms with Gasteiger partial charge in [0.1, 0.15) is 18.2 Å². The molecule has 2 aromatic rings. The lowest BCUT2D eigenvalue weighted by atomic mass is 10.2. The van der Waals surface area contributed by atoms with Crippen molar-refractivity contribution in [1.29, 1.82) is 0 Å². The number of rotatable bonds is 9. The number of nitrogens with zero attached hydrogens (tertiary/aromatic N) is 1. The number of hydrogen-bond donors (Lipinski definition) is 0. The largest absolute Gasteiger partial charge is 0.496 e. The Morgan fingerprint density at radius 1 is 1.10 bits per heavy atom. The lowest BCUT2D eigenvalue weighted by molar-refractivity contribution is -0.138. The standard InChI is InChI=1S/C21H24FNO5S/c1-4-23(5-2)29(25,26)19-10-6-16(7-11-19)8-13-21(24)28-15-17-14-18(22)9-12-20(17)27-3/h6-14H,4-5,15H2,1-3H3/b13-8+. The fraction of sp³-hybridized carbons (Fsp3) is 0.286. The van der Waals surface area contributed by atoms with Gasteiger partial charge in [-0.1, -0.05) is 26.0 Å². The van der Waals surface area contributed by atoms with Crippen molar-refractivity contribution < 1.29 is 27.1 Å². The zero-order chi connectivity index (χ0) is 21.4. The minimum Gasteiger partial charge on any atom is -0.496 e. The number of carbonyl (C=O) groups excluding carboxylic acids is 1. The summed E-state index contributed by atoms with van der Waals surface area (Å²) in [6, 6.07) is 10.2. The minimum absolute atomic E-state index is 0.134. The number of ether oxygens (including phenoxy) is 2. The van der Waals surface area contributed by atoms with E-state index in [-0.39, 0.29) is 11.5 Å². The lowest BCUT2D eigenvalue weighted by Crippen LogP contribution is -2.30. The van der Waals surface area contributed by atoms with Crippen molar-refractivity contribution in [3.05, 3.63) is 65.5 Å². The third-order valence-electron chi connectivity index (χ3n) is 4.25. The van der Waals surface area contributed by atoms with Crippen LogP contribution in [-0.4, -0.2) is 38.9 Å². The Kier molecular flexibility index (Phi) is 7.92. The summed E-state index contributed by atoms with van der Waals surface area (Å²) in [7, 11) is -2.08. The van der Waals surface area contributed by atoms with E-state index in [4.69, 9.17) is 9.47 Å². The molecule has 0 aromatic heterocycles. The van der Waals surface area contributed by atoms with Gasteiger partial charge in [0.15, 0.2) is 0 Å². The molecule has 0 heterocycles. The van der Waals surface area contributed by atoms with Crippen LogP contribution in [0.3, 0.4) is 0 Å². The SMILES string of the molecule is CCN(CC)S(=O)(=O)c1ccc(/C=C/C(=O)OCc2cc(F)ccc2OC)cc1. The predicted octanol–water partition coefficient (Wildman–Crippen LogP) is 3.62. The van der Waals surface area contributed by atoms with Crippen LogP contribution < -0.4 is 4.74 Å². The first-order chi connectivity index (χ1) is 13.8. The van der Waals surface area contributed by atoms with Gasteiger partial charge in [0.2, 0.25) is 10.0 Å². The van der Waals surface area contributed by atoms with E-state index in [0.29, 0.717) is 30.0 Å². The van der Waals surface area contributed by atoms with Gasteiger partial charge in [-0.15, -0.1) is 0 Å². The first-order valence-corrected chi connectivity index (χ1v) is 10.5. The summed E-state index contributed by atoms with van der Waals surface area (Å²) < 4.78 is 49.8. The highest BCUT2D eigenvalue weighted by Gasteiger charge is 2.20. The molecule has 0 aliphatic carbocycles. The van der Waals surface area contributed by atoms with E-state index in [9.17, 15) is 17.6 Å². The fourth-order valence-corrected chi connectivity index (χ4v) is 4.14. The number of benzene rings is 2. The third-order valence-corrected chi connectivity index (χ3v) is 6.31. The lowest BCUT2D eigenvalue weighted by Gasteiger charge is -2.18. The molecule has 0 bridgehead atoms. The Morgan fingerprint density at radius 3 is 2.34 bits per heavy atom. The number of halogens is 1. The van der Waals surface area contributed by atoms with Crippen LogP contribution in [0.5, 0.6) is 5.75 Å². The van der Waals surface area contributed by atoms with Crippen LogP contribution in [0.15, 0.2) is 53.4 Å². The molecule has 0 N–H and O–H groups in total. The van der Waals surface area contributed by atoms with Crippen molar-refractivity contribution in [3.8, 4) is 5.75 Å². The average molecular weight is 421 g/mol. The van der Waals surface area contributed by atoms with Crippen LogP contribution in [-0.2, 0) is 26.2 Å². The summed E-state index contributed by atoms with van der Waals surface area (Å²) in [5.74, 6) is -0.642. The van der Waals surface area contributed by atoms with Gasteiger partial charge >= 0.3 is 5.97 Å². The van der Waals surface area contributed by atoms with Crippen molar-refractivity contribution >= 4 is 22.1 Å². The molecule has 0 spiro atoms. The molecule has 0 fully saturated rings. The fourth-order valence-electron chi connectivity index (χ4n) is 2.68. The molecule has 0 unspecified atom stereocenters. The molecular formula is C21H24FNO5S. The third kappa shape index (κ3) is 5.88. The Hall–Kier alpha value is -2.71. The van der Waals surface area contributed by atoms with Crippen LogP contribution in [0.2, 0.25) is 0 Å². The van der Waals surface area contributed by atoms with Crippen molar-refractivity contribution in [2.45, 2.75) is 25.3 Å². The number of esters is 1. The summed E-state index contributed by atoms with van der Waals surface area (Å²) in [5, 5.41) is 0. The molecule has 0 saturated heterocycles. The molecule has 0 amide bonds. The smallest absolute Gasteiger partial charge is 0.331 e. The number of hydrogen-bond acceptors (Lipinski definition) is 5. The Balaban J connectivity index is 2.01. The number of methoxy groups -OCH3 is 1. The molecule has 8 heteroatoms. The quantitative estimate of drug-likeness (QED) is 0.457. The molecule has 29 heavy (non-hydrogen) atoms. The number of carbonyl (C=O) groups is 1. The Bertz CT molecular complexity index is 967. The van der Waals surface area contributed by atoms with Crippen molar-refractivity contribution in [2.24, 2.45) is 0 Å². The molecule has 0 aliphatic rings. The second kappa shape index (κ2) is 10.2. The van der Waals surface area contributed by atoms with Gasteiger partial charge in [-0.3, -0.25) is 0 Å². The van der Waals surface area contributed by atoms with Gasteiger partial charge in [-0.2, -0.15) is 4.31 Å². The normalized spacial score (nSPS) is 11.8. The van der Waals surface area contributed by atoms with Crippen molar-refractivity contribution in [1.82, 2.24) is 4.31 Å². The summed E-state index contributed by atoms with van der Waals surface area (Å²) >= 11 is 0. The first-order valence-electron chi connectivity index (χ1n) is 9.09. The van der Waals surface area contributed by atoms with Gasteiger partial charge in [-0.05, 0) is 42.0 Å². The maximum absolute atomic E-state index is 13.3. The molecule has 0 atom stereocenters. The summed E-state index contributed by atoms with van der Waals surface area (Å²) in [6.45, 7) is 4.21. The molecule has 2 aromatic carbocycles. The molecule has 156 valence electrons. The minimum atomic E-state index is -3.52. The summed E-state index contributed by atoms with van der Waals surface area (Å²) in [6.07, 6.45) is 2.73. The van der Waals surface area contributed by atoms with E-state index in [1.54, 1.807) is 26.0 Å². The summed E-state index contributed by atoms with van der Waals surface area (Å²) in [4.78, 5) is 12.1. The van der Waals surface area contributed by atoms with E-state index in [1.165, 1.54) is 53.9 Å². The Morgan fingerprint density at radius 2 is 1.76 bits per heavy atom. The van der Waals surface area contributed by atoms with Crippen LogP contribution in [0, 0.1) is 5.82 Å². The molecular weight excluding hydrogens is 397 g/mol. The van der Waals surface area contributed by atoms with E-state index < -0.39 is 21.8 Å². The Labute approximate surface area is 170 Å². The zero-order valence-electron chi connectivity index (χ0n) is 16.6. The highest BCUT2D eigenvalue weighted by atomic mass is 32.2. The number of sulfonamides is 1. The van der Waals surface area contributed by atoms with E-state index in [1.807, 2.05) is 0 Å². The van der Waals surface area contributed by atoms with Crippen LogP contribution in [0.1, 0.15) is 25.0 Å². The van der Waals surface area contributed by atoms with E-state index >= 15 is 0 Å². The highest BCUT2D eigenvalue weighted by Crippen LogP contribution is 2.20. The van der Waals surface area contributed by atoms with Crippen molar-refractivity contribution in [3.63, 3.8) is 0 Å². The van der Waals surface area contributed by atoms with Gasteiger partial charge < -0.3 is 9.47 Å². The maximum atomic E-state index is 13.3. The van der Waals surface area contributed by atoms with E-state index in [2.05, 4.69) is 0 Å². The van der Waals surface area contributed by atoms with Gasteiger partial charge in [0.25, 0.3) is 0 Å². The van der Waals surface area contributed by atoms with Crippen LogP contribution in [0.25, 0.3) is 6.08 Å². The monoisotopic (exact) mass is 421 g/mol. The van der Waals surface area contributed by atoms with E-state index in [0.717, 1.165) is 0 Å². The molecule has 0 aliphatic heterocycles. The second-order valence-electron chi connectivity index (χ2n) is 6.06. The predicted molar refractivity (Wildman–Crippen MR) is 108 cm³/mol. The summed E-state index contributed by atoms with van der Waals surface area (Å²) in [5.41, 5.74) is 1.06. The molecule has 6 nitrogen and oxygen atoms in total. The molecule has 0 saturated carbocycles. The first kappa shape index (κ1) is 22.6. The van der Waals surface area contributed by atoms with Gasteiger partial charge in [-0.25, -0.2) is 17.6 Å². The van der Waals surface area contributed by atoms with Crippen molar-refractivity contribution in [2.75, 3.05) is 20.2 Å². The van der Waals surface area contributed by atoms with Crippen LogP contribution in [0.4, 0.5) is 4.39 Å².